The van der Waals surface area contributed by atoms with Crippen molar-refractivity contribution in [3.63, 3.8) is 0 Å². The Morgan fingerprint density at radius 3 is 2.46 bits per heavy atom. The van der Waals surface area contributed by atoms with Crippen molar-refractivity contribution in [3.8, 4) is 11.5 Å². The van der Waals surface area contributed by atoms with Crippen molar-refractivity contribution in [2.75, 3.05) is 20.3 Å². The molecule has 1 heterocycles. The van der Waals surface area contributed by atoms with E-state index in [1.54, 1.807) is 31.4 Å². The molecule has 0 fully saturated rings. The van der Waals surface area contributed by atoms with Crippen LogP contribution in [0.5, 0.6) is 11.5 Å². The molecule has 1 aromatic heterocycles. The van der Waals surface area contributed by atoms with E-state index >= 15 is 0 Å². The van der Waals surface area contributed by atoms with Crippen molar-refractivity contribution in [2.24, 2.45) is 0 Å². The molecule has 24 heavy (non-hydrogen) atoms. The number of alkyl halides is 3. The minimum atomic E-state index is -4.47. The predicted molar refractivity (Wildman–Crippen MR) is 78.7 cm³/mol. The highest BCUT2D eigenvalue weighted by molar-refractivity contribution is 5.77. The zero-order valence-electron chi connectivity index (χ0n) is 12.8. The van der Waals surface area contributed by atoms with Crippen LogP contribution < -0.4 is 14.8 Å². The molecule has 0 radical (unpaired) electrons. The fourth-order valence-corrected chi connectivity index (χ4v) is 1.82. The molecule has 0 bridgehead atoms. The second-order valence-corrected chi connectivity index (χ2v) is 4.78. The van der Waals surface area contributed by atoms with Gasteiger partial charge in [0.15, 0.2) is 12.3 Å². The molecule has 6 nitrogen and oxygen atoms in total. The van der Waals surface area contributed by atoms with Crippen molar-refractivity contribution in [2.45, 2.75) is 12.7 Å². The summed E-state index contributed by atoms with van der Waals surface area (Å²) in [7, 11) is 1.54. The molecule has 1 N–H and O–H groups in total. The van der Waals surface area contributed by atoms with E-state index in [0.717, 1.165) is 10.7 Å². The van der Waals surface area contributed by atoms with E-state index in [1.165, 1.54) is 6.20 Å². The summed E-state index contributed by atoms with van der Waals surface area (Å²) in [6.07, 6.45) is -3.26. The van der Waals surface area contributed by atoms with Crippen molar-refractivity contribution >= 4 is 5.91 Å². The number of methoxy groups -OCH3 is 1. The maximum absolute atomic E-state index is 12.4. The number of benzene rings is 1. The molecular formula is C15H16F3N3O3. The molecule has 0 aliphatic rings. The molecule has 0 atom stereocenters. The van der Waals surface area contributed by atoms with E-state index in [4.69, 9.17) is 9.47 Å². The Kier molecular flexibility index (Phi) is 5.67. The third-order valence-electron chi connectivity index (χ3n) is 3.02. The fourth-order valence-electron chi connectivity index (χ4n) is 1.82. The lowest BCUT2D eigenvalue weighted by molar-refractivity contribution is -0.141. The van der Waals surface area contributed by atoms with Gasteiger partial charge in [0.25, 0.3) is 5.91 Å². The normalized spacial score (nSPS) is 11.2. The smallest absolute Gasteiger partial charge is 0.435 e. The van der Waals surface area contributed by atoms with Gasteiger partial charge in [-0.1, -0.05) is 0 Å². The number of carbonyl (C=O) groups is 1. The number of aromatic nitrogens is 2. The second-order valence-electron chi connectivity index (χ2n) is 4.78. The average Bonchev–Trinajstić information content (AvgIpc) is 3.02. The van der Waals surface area contributed by atoms with Crippen molar-refractivity contribution in [1.29, 1.82) is 0 Å². The first-order valence-corrected chi connectivity index (χ1v) is 7.02. The summed E-state index contributed by atoms with van der Waals surface area (Å²) in [5.74, 6) is 0.797. The molecule has 2 rings (SSSR count). The lowest BCUT2D eigenvalue weighted by atomic mass is 10.3. The van der Waals surface area contributed by atoms with E-state index in [1.807, 2.05) is 0 Å². The lowest BCUT2D eigenvalue weighted by Crippen LogP contribution is -2.31. The van der Waals surface area contributed by atoms with E-state index < -0.39 is 11.9 Å². The molecule has 2 aromatic rings. The van der Waals surface area contributed by atoms with Crippen LogP contribution in [0.1, 0.15) is 5.69 Å². The van der Waals surface area contributed by atoms with Gasteiger partial charge in [-0.15, -0.1) is 0 Å². The van der Waals surface area contributed by atoms with Crippen LogP contribution in [0.15, 0.2) is 36.5 Å². The molecule has 0 unspecified atom stereocenters. The highest BCUT2D eigenvalue weighted by Gasteiger charge is 2.33. The topological polar surface area (TPSA) is 65.4 Å². The zero-order chi connectivity index (χ0) is 17.6. The Morgan fingerprint density at radius 2 is 1.88 bits per heavy atom. The second kappa shape index (κ2) is 7.71. The third kappa shape index (κ3) is 5.18. The molecule has 1 aromatic carbocycles. The summed E-state index contributed by atoms with van der Waals surface area (Å²) in [5.41, 5.74) is -0.961. The minimum Gasteiger partial charge on any atom is -0.497 e. The van der Waals surface area contributed by atoms with Crippen molar-refractivity contribution < 1.29 is 27.4 Å². The maximum Gasteiger partial charge on any atom is 0.435 e. The Labute approximate surface area is 136 Å². The Morgan fingerprint density at radius 1 is 1.21 bits per heavy atom. The molecule has 0 saturated heterocycles. The largest absolute Gasteiger partial charge is 0.497 e. The van der Waals surface area contributed by atoms with E-state index in [0.29, 0.717) is 11.5 Å². The van der Waals surface area contributed by atoms with Crippen LogP contribution >= 0.6 is 0 Å². The Balaban J connectivity index is 1.70. The van der Waals surface area contributed by atoms with Crippen LogP contribution in [0, 0.1) is 0 Å². The van der Waals surface area contributed by atoms with Crippen molar-refractivity contribution in [3.05, 3.63) is 42.2 Å². The van der Waals surface area contributed by atoms with Crippen molar-refractivity contribution in [1.82, 2.24) is 15.1 Å². The van der Waals surface area contributed by atoms with Gasteiger partial charge in [0, 0.05) is 12.7 Å². The van der Waals surface area contributed by atoms with Gasteiger partial charge in [-0.2, -0.15) is 18.3 Å². The van der Waals surface area contributed by atoms with Crippen LogP contribution in [0.3, 0.4) is 0 Å². The van der Waals surface area contributed by atoms with Gasteiger partial charge in [0.1, 0.15) is 11.5 Å². The standard InChI is InChI=1S/C15H16F3N3O3/c1-23-11-2-4-12(5-3-11)24-10-14(22)19-7-9-21-8-6-13(20-21)15(16,17)18/h2-6,8H,7,9-10H2,1H3,(H,19,22). The maximum atomic E-state index is 12.4. The number of hydrogen-bond acceptors (Lipinski definition) is 4. The van der Waals surface area contributed by atoms with Gasteiger partial charge in [-0.25, -0.2) is 0 Å². The molecular weight excluding hydrogens is 327 g/mol. The van der Waals surface area contributed by atoms with Crippen LogP contribution in [0.4, 0.5) is 13.2 Å². The van der Waals surface area contributed by atoms with Crippen LogP contribution in [0.25, 0.3) is 0 Å². The summed E-state index contributed by atoms with van der Waals surface area (Å²) in [4.78, 5) is 11.6. The third-order valence-corrected chi connectivity index (χ3v) is 3.02. The Hall–Kier alpha value is -2.71. The average molecular weight is 343 g/mol. The number of carbonyl (C=O) groups excluding carboxylic acids is 1. The fraction of sp³-hybridized carbons (Fsp3) is 0.333. The molecule has 0 aliphatic carbocycles. The van der Waals surface area contributed by atoms with Gasteiger partial charge in [-0.3, -0.25) is 9.48 Å². The molecule has 0 spiro atoms. The predicted octanol–water partition coefficient (Wildman–Crippen LogP) is 2.11. The van der Waals surface area contributed by atoms with Gasteiger partial charge in [0.2, 0.25) is 0 Å². The van der Waals surface area contributed by atoms with Gasteiger partial charge >= 0.3 is 6.18 Å². The van der Waals surface area contributed by atoms with E-state index in [2.05, 4.69) is 10.4 Å². The van der Waals surface area contributed by atoms with Gasteiger partial charge in [0.05, 0.1) is 13.7 Å². The number of halogens is 3. The lowest BCUT2D eigenvalue weighted by Gasteiger charge is -2.08. The number of hydrogen-bond donors (Lipinski definition) is 1. The first-order valence-electron chi connectivity index (χ1n) is 7.02. The van der Waals surface area contributed by atoms with E-state index in [-0.39, 0.29) is 25.6 Å². The summed E-state index contributed by atoms with van der Waals surface area (Å²) in [6, 6.07) is 7.60. The van der Waals surface area contributed by atoms with Gasteiger partial charge < -0.3 is 14.8 Å². The summed E-state index contributed by atoms with van der Waals surface area (Å²) in [5, 5.41) is 5.93. The number of nitrogens with one attached hydrogen (secondary N) is 1. The number of ether oxygens (including phenoxy) is 2. The summed E-state index contributed by atoms with van der Waals surface area (Å²) >= 11 is 0. The van der Waals surface area contributed by atoms with Gasteiger partial charge in [-0.05, 0) is 30.3 Å². The minimum absolute atomic E-state index is 0.129. The first kappa shape index (κ1) is 17.6. The highest BCUT2D eigenvalue weighted by atomic mass is 19.4. The van der Waals surface area contributed by atoms with E-state index in [9.17, 15) is 18.0 Å². The number of nitrogens with zero attached hydrogens (tertiary/aromatic N) is 2. The zero-order valence-corrected chi connectivity index (χ0v) is 12.8. The molecule has 0 saturated carbocycles. The molecule has 130 valence electrons. The summed E-state index contributed by atoms with van der Waals surface area (Å²) < 4.78 is 48.6. The monoisotopic (exact) mass is 343 g/mol. The van der Waals surface area contributed by atoms with Crippen LogP contribution in [0.2, 0.25) is 0 Å². The quantitative estimate of drug-likeness (QED) is 0.836. The molecule has 1 amide bonds. The first-order chi connectivity index (χ1) is 11.4. The van der Waals surface area contributed by atoms with Crippen LogP contribution in [-0.4, -0.2) is 35.9 Å². The summed E-state index contributed by atoms with van der Waals surface area (Å²) in [6.45, 7) is 0.0768. The highest BCUT2D eigenvalue weighted by Crippen LogP contribution is 2.27. The molecule has 9 heteroatoms. The number of rotatable bonds is 7. The number of amides is 1. The Bertz CT molecular complexity index is 669. The SMILES string of the molecule is COc1ccc(OCC(=O)NCCn2ccc(C(F)(F)F)n2)cc1. The molecule has 0 aliphatic heterocycles. The van der Waals surface area contributed by atoms with Crippen LogP contribution in [-0.2, 0) is 17.5 Å².